The van der Waals surface area contributed by atoms with E-state index in [2.05, 4.69) is 5.32 Å². The second-order valence-corrected chi connectivity index (χ2v) is 8.14. The largest absolute Gasteiger partial charge is 0.497 e. The molecule has 0 aromatic heterocycles. The molecule has 8 heteroatoms. The van der Waals surface area contributed by atoms with Gasteiger partial charge in [-0.2, -0.15) is 4.31 Å². The van der Waals surface area contributed by atoms with Crippen molar-refractivity contribution in [2.24, 2.45) is 0 Å². The Labute approximate surface area is 158 Å². The van der Waals surface area contributed by atoms with E-state index in [1.807, 2.05) is 6.07 Å². The number of carbonyl (C=O) groups is 1. The quantitative estimate of drug-likeness (QED) is 0.743. The van der Waals surface area contributed by atoms with Crippen LogP contribution >= 0.6 is 11.6 Å². The molecule has 0 aliphatic heterocycles. The van der Waals surface area contributed by atoms with E-state index in [-0.39, 0.29) is 19.6 Å². The monoisotopic (exact) mass is 396 g/mol. The van der Waals surface area contributed by atoms with Crippen LogP contribution in [-0.2, 0) is 27.9 Å². The van der Waals surface area contributed by atoms with E-state index in [4.69, 9.17) is 16.3 Å². The first kappa shape index (κ1) is 20.2. The van der Waals surface area contributed by atoms with Gasteiger partial charge in [-0.3, -0.25) is 4.79 Å². The molecule has 1 N–H and O–H groups in total. The molecule has 0 atom stereocenters. The summed E-state index contributed by atoms with van der Waals surface area (Å²) < 4.78 is 30.3. The zero-order chi connectivity index (χ0) is 19.2. The van der Waals surface area contributed by atoms with Gasteiger partial charge < -0.3 is 10.1 Å². The molecule has 0 aliphatic carbocycles. The lowest BCUT2D eigenvalue weighted by Crippen LogP contribution is -2.39. The lowest BCUT2D eigenvalue weighted by molar-refractivity contribution is -0.121. The molecule has 0 spiro atoms. The molecule has 0 bridgehead atoms. The van der Waals surface area contributed by atoms with Crippen LogP contribution in [0, 0.1) is 0 Å². The van der Waals surface area contributed by atoms with E-state index in [0.717, 1.165) is 21.7 Å². The molecule has 0 heterocycles. The number of nitrogens with one attached hydrogen (secondary N) is 1. The van der Waals surface area contributed by atoms with Gasteiger partial charge in [0.25, 0.3) is 0 Å². The highest BCUT2D eigenvalue weighted by Gasteiger charge is 2.20. The van der Waals surface area contributed by atoms with Crippen LogP contribution in [0.5, 0.6) is 5.75 Å². The summed E-state index contributed by atoms with van der Waals surface area (Å²) in [6.07, 6.45) is 1.08. The molecule has 2 rings (SSSR count). The standard InChI is InChI=1S/C18H21ClN2O4S/c1-25-16-9-7-14(8-10-16)12-21(26(2,23)24)13-18(22)20-11-15-5-3-4-6-17(15)19/h3-10H,11-13H2,1-2H3,(H,20,22). The fourth-order valence-corrected chi connectivity index (χ4v) is 3.21. The molecule has 2 aromatic carbocycles. The van der Waals surface area contributed by atoms with E-state index >= 15 is 0 Å². The maximum absolute atomic E-state index is 12.2. The van der Waals surface area contributed by atoms with Gasteiger partial charge in [0.05, 0.1) is 19.9 Å². The molecule has 2 aromatic rings. The normalized spacial score (nSPS) is 11.4. The zero-order valence-electron chi connectivity index (χ0n) is 14.6. The number of amides is 1. The first-order chi connectivity index (χ1) is 12.3. The predicted molar refractivity (Wildman–Crippen MR) is 102 cm³/mol. The first-order valence-electron chi connectivity index (χ1n) is 7.88. The van der Waals surface area contributed by atoms with E-state index < -0.39 is 15.9 Å². The fourth-order valence-electron chi connectivity index (χ4n) is 2.28. The summed E-state index contributed by atoms with van der Waals surface area (Å²) in [7, 11) is -1.99. The molecule has 0 saturated carbocycles. The number of nitrogens with zero attached hydrogens (tertiary/aromatic N) is 1. The summed E-state index contributed by atoms with van der Waals surface area (Å²) in [5.41, 5.74) is 1.53. The molecule has 6 nitrogen and oxygen atoms in total. The van der Waals surface area contributed by atoms with E-state index in [0.29, 0.717) is 10.8 Å². The highest BCUT2D eigenvalue weighted by atomic mass is 35.5. The van der Waals surface area contributed by atoms with Crippen molar-refractivity contribution in [2.75, 3.05) is 19.9 Å². The Bertz CT molecular complexity index is 854. The van der Waals surface area contributed by atoms with Crippen molar-refractivity contribution < 1.29 is 17.9 Å². The van der Waals surface area contributed by atoms with Crippen LogP contribution in [-0.4, -0.2) is 38.5 Å². The van der Waals surface area contributed by atoms with Crippen LogP contribution < -0.4 is 10.1 Å². The van der Waals surface area contributed by atoms with Crippen molar-refractivity contribution in [1.29, 1.82) is 0 Å². The number of hydrogen-bond acceptors (Lipinski definition) is 4. The van der Waals surface area contributed by atoms with Crippen molar-refractivity contribution in [2.45, 2.75) is 13.1 Å². The number of benzene rings is 2. The van der Waals surface area contributed by atoms with Gasteiger partial charge in [0.2, 0.25) is 15.9 Å². The maximum atomic E-state index is 12.2. The summed E-state index contributed by atoms with van der Waals surface area (Å²) in [5, 5.41) is 3.24. The molecule has 1 amide bonds. The van der Waals surface area contributed by atoms with Gasteiger partial charge in [-0.25, -0.2) is 8.42 Å². The van der Waals surface area contributed by atoms with E-state index in [1.54, 1.807) is 49.6 Å². The number of sulfonamides is 1. The van der Waals surface area contributed by atoms with Crippen LogP contribution in [0.1, 0.15) is 11.1 Å². The molecule has 26 heavy (non-hydrogen) atoms. The van der Waals surface area contributed by atoms with Crippen molar-refractivity contribution >= 4 is 27.5 Å². The highest BCUT2D eigenvalue weighted by molar-refractivity contribution is 7.88. The smallest absolute Gasteiger partial charge is 0.235 e. The van der Waals surface area contributed by atoms with Crippen LogP contribution in [0.3, 0.4) is 0 Å². The van der Waals surface area contributed by atoms with Gasteiger partial charge in [0.1, 0.15) is 5.75 Å². The lowest BCUT2D eigenvalue weighted by Gasteiger charge is -2.20. The number of methoxy groups -OCH3 is 1. The lowest BCUT2D eigenvalue weighted by atomic mass is 10.2. The SMILES string of the molecule is COc1ccc(CN(CC(=O)NCc2ccccc2Cl)S(C)(=O)=O)cc1. The van der Waals surface area contributed by atoms with Gasteiger partial charge in [0.15, 0.2) is 0 Å². The van der Waals surface area contributed by atoms with Crippen LogP contribution in [0.15, 0.2) is 48.5 Å². The second-order valence-electron chi connectivity index (χ2n) is 5.75. The third kappa shape index (κ3) is 6.01. The van der Waals surface area contributed by atoms with Gasteiger partial charge in [-0.1, -0.05) is 41.9 Å². The van der Waals surface area contributed by atoms with Crippen molar-refractivity contribution in [3.8, 4) is 5.75 Å². The zero-order valence-corrected chi connectivity index (χ0v) is 16.2. The van der Waals surface area contributed by atoms with Crippen LogP contribution in [0.2, 0.25) is 5.02 Å². The molecule has 0 radical (unpaired) electrons. The predicted octanol–water partition coefficient (Wildman–Crippen LogP) is 2.43. The Morgan fingerprint density at radius 3 is 2.38 bits per heavy atom. The first-order valence-corrected chi connectivity index (χ1v) is 10.1. The molecule has 0 unspecified atom stereocenters. The molecule has 140 valence electrons. The van der Waals surface area contributed by atoms with Gasteiger partial charge in [-0.05, 0) is 29.3 Å². The minimum Gasteiger partial charge on any atom is -0.497 e. The van der Waals surface area contributed by atoms with Crippen LogP contribution in [0.25, 0.3) is 0 Å². The summed E-state index contributed by atoms with van der Waals surface area (Å²) in [6, 6.07) is 14.2. The van der Waals surface area contributed by atoms with E-state index in [1.165, 1.54) is 0 Å². The number of ether oxygens (including phenoxy) is 1. The summed E-state index contributed by atoms with van der Waals surface area (Å²) in [5.74, 6) is 0.279. The number of hydrogen-bond donors (Lipinski definition) is 1. The second kappa shape index (κ2) is 9.02. The average molecular weight is 397 g/mol. The van der Waals surface area contributed by atoms with Gasteiger partial charge in [-0.15, -0.1) is 0 Å². The van der Waals surface area contributed by atoms with Gasteiger partial charge >= 0.3 is 0 Å². The highest BCUT2D eigenvalue weighted by Crippen LogP contribution is 2.15. The Balaban J connectivity index is 2.00. The Hall–Kier alpha value is -2.09. The summed E-state index contributed by atoms with van der Waals surface area (Å²) >= 11 is 6.05. The number of carbonyl (C=O) groups excluding carboxylic acids is 1. The molecule has 0 saturated heterocycles. The minimum atomic E-state index is -3.55. The Morgan fingerprint density at radius 1 is 1.15 bits per heavy atom. The van der Waals surface area contributed by atoms with Crippen LogP contribution in [0.4, 0.5) is 0 Å². The third-order valence-electron chi connectivity index (χ3n) is 3.74. The molecular weight excluding hydrogens is 376 g/mol. The third-order valence-corrected chi connectivity index (χ3v) is 5.31. The topological polar surface area (TPSA) is 75.7 Å². The number of halogens is 1. The van der Waals surface area contributed by atoms with E-state index in [9.17, 15) is 13.2 Å². The van der Waals surface area contributed by atoms with Crippen molar-refractivity contribution in [3.05, 3.63) is 64.7 Å². The number of rotatable bonds is 8. The molecule has 0 aliphatic rings. The molecular formula is C18H21ClN2O4S. The Kier molecular flexibility index (Phi) is 7.02. The Morgan fingerprint density at radius 2 is 1.81 bits per heavy atom. The maximum Gasteiger partial charge on any atom is 0.235 e. The average Bonchev–Trinajstić information content (AvgIpc) is 2.60. The summed E-state index contributed by atoms with van der Waals surface area (Å²) in [4.78, 5) is 12.2. The fraction of sp³-hybridized carbons (Fsp3) is 0.278. The van der Waals surface area contributed by atoms with Gasteiger partial charge in [0, 0.05) is 18.1 Å². The summed E-state index contributed by atoms with van der Waals surface area (Å²) in [6.45, 7) is 0.0658. The van der Waals surface area contributed by atoms with Crippen molar-refractivity contribution in [1.82, 2.24) is 9.62 Å². The molecule has 0 fully saturated rings. The van der Waals surface area contributed by atoms with Crippen molar-refractivity contribution in [3.63, 3.8) is 0 Å². The minimum absolute atomic E-state index is 0.0995.